The Morgan fingerprint density at radius 1 is 1.05 bits per heavy atom. The van der Waals surface area contributed by atoms with Crippen molar-refractivity contribution >= 4 is 76.5 Å². The summed E-state index contributed by atoms with van der Waals surface area (Å²) in [6.45, 7) is 2.63. The predicted octanol–water partition coefficient (Wildman–Crippen LogP) is 9.24. The third-order valence-electron chi connectivity index (χ3n) is 6.90. The molecule has 0 aliphatic heterocycles. The minimum absolute atomic E-state index is 0.182. The minimum Gasteiger partial charge on any atom is -0.490 e. The van der Waals surface area contributed by atoms with Gasteiger partial charge in [0.1, 0.15) is 12.4 Å². The van der Waals surface area contributed by atoms with Gasteiger partial charge in [0.2, 0.25) is 0 Å². The van der Waals surface area contributed by atoms with Gasteiger partial charge in [0, 0.05) is 31.0 Å². The lowest BCUT2D eigenvalue weighted by Gasteiger charge is -2.23. The van der Waals surface area contributed by atoms with Crippen molar-refractivity contribution < 1.29 is 9.47 Å². The molecular weight excluding hydrogens is 726 g/mol. The molecule has 208 valence electrons. The molecule has 10 heteroatoms. The van der Waals surface area contributed by atoms with E-state index in [9.17, 15) is 4.79 Å². The van der Waals surface area contributed by atoms with E-state index < -0.39 is 0 Å². The molecule has 0 amide bonds. The SMILES string of the molecule is CCOc1cc(C=Nn2c(C3CCCCC3)nc3ccc(Br)cc3c2=O)c(Br)c(Br)c1OCc1ccccc1Cl. The molecule has 1 aliphatic rings. The number of nitrogens with zero attached hydrogens (tertiary/aromatic N) is 3. The second kappa shape index (κ2) is 13.2. The van der Waals surface area contributed by atoms with Crippen LogP contribution >= 0.6 is 59.4 Å². The molecule has 5 rings (SSSR count). The zero-order valence-electron chi connectivity index (χ0n) is 21.8. The molecule has 1 saturated carbocycles. The highest BCUT2D eigenvalue weighted by atomic mass is 79.9. The average Bonchev–Trinajstić information content (AvgIpc) is 2.96. The van der Waals surface area contributed by atoms with Gasteiger partial charge >= 0.3 is 0 Å². The molecule has 1 aliphatic carbocycles. The zero-order valence-corrected chi connectivity index (χ0v) is 27.3. The van der Waals surface area contributed by atoms with E-state index in [2.05, 4.69) is 47.8 Å². The van der Waals surface area contributed by atoms with Gasteiger partial charge in [-0.1, -0.05) is 65.0 Å². The molecule has 3 aromatic carbocycles. The molecule has 0 atom stereocenters. The number of fused-ring (bicyclic) bond motifs is 1. The van der Waals surface area contributed by atoms with Gasteiger partial charge < -0.3 is 9.47 Å². The highest BCUT2D eigenvalue weighted by molar-refractivity contribution is 9.13. The van der Waals surface area contributed by atoms with Crippen molar-refractivity contribution in [2.75, 3.05) is 6.61 Å². The van der Waals surface area contributed by atoms with E-state index in [1.165, 1.54) is 11.1 Å². The van der Waals surface area contributed by atoms with Crippen LogP contribution in [-0.4, -0.2) is 22.5 Å². The van der Waals surface area contributed by atoms with Crippen LogP contribution in [-0.2, 0) is 6.61 Å². The fourth-order valence-electron chi connectivity index (χ4n) is 4.88. The summed E-state index contributed by atoms with van der Waals surface area (Å²) in [6.07, 6.45) is 7.09. The molecular formula is C30H27Br3ClN3O3. The summed E-state index contributed by atoms with van der Waals surface area (Å²) >= 11 is 17.2. The number of benzene rings is 3. The topological polar surface area (TPSA) is 65.7 Å². The molecule has 0 bridgehead atoms. The Morgan fingerprint density at radius 2 is 1.82 bits per heavy atom. The van der Waals surface area contributed by atoms with Gasteiger partial charge in [0.05, 0.1) is 28.2 Å². The third kappa shape index (κ3) is 6.32. The van der Waals surface area contributed by atoms with Crippen molar-refractivity contribution in [2.45, 2.75) is 51.6 Å². The van der Waals surface area contributed by atoms with Crippen LogP contribution in [0.2, 0.25) is 5.02 Å². The molecule has 40 heavy (non-hydrogen) atoms. The van der Waals surface area contributed by atoms with Crippen LogP contribution < -0.4 is 15.0 Å². The predicted molar refractivity (Wildman–Crippen MR) is 171 cm³/mol. The van der Waals surface area contributed by atoms with Crippen molar-refractivity contribution in [3.8, 4) is 11.5 Å². The summed E-state index contributed by atoms with van der Waals surface area (Å²) in [5.41, 5.74) is 2.08. The molecule has 0 spiro atoms. The second-order valence-electron chi connectivity index (χ2n) is 9.56. The number of hydrogen-bond acceptors (Lipinski definition) is 5. The van der Waals surface area contributed by atoms with Gasteiger partial charge in [-0.25, -0.2) is 4.98 Å². The van der Waals surface area contributed by atoms with Crippen LogP contribution in [0, 0.1) is 0 Å². The lowest BCUT2D eigenvalue weighted by atomic mass is 9.88. The Labute approximate surface area is 263 Å². The third-order valence-corrected chi connectivity index (χ3v) is 9.91. The van der Waals surface area contributed by atoms with Crippen LogP contribution in [0.25, 0.3) is 10.9 Å². The molecule has 1 heterocycles. The summed E-state index contributed by atoms with van der Waals surface area (Å²) in [7, 11) is 0. The van der Waals surface area contributed by atoms with Gasteiger partial charge in [-0.15, -0.1) is 0 Å². The smallest absolute Gasteiger partial charge is 0.282 e. The highest BCUT2D eigenvalue weighted by Gasteiger charge is 2.23. The van der Waals surface area contributed by atoms with Crippen molar-refractivity contribution in [1.82, 2.24) is 9.66 Å². The summed E-state index contributed by atoms with van der Waals surface area (Å²) in [5.74, 6) is 1.98. The first-order valence-electron chi connectivity index (χ1n) is 13.1. The van der Waals surface area contributed by atoms with E-state index in [0.29, 0.717) is 44.3 Å². The first-order valence-corrected chi connectivity index (χ1v) is 15.9. The maximum Gasteiger partial charge on any atom is 0.282 e. The summed E-state index contributed by atoms with van der Waals surface area (Å²) in [4.78, 5) is 18.6. The Balaban J connectivity index is 1.55. The Morgan fingerprint density at radius 3 is 2.58 bits per heavy atom. The minimum atomic E-state index is -0.192. The average molecular weight is 753 g/mol. The van der Waals surface area contributed by atoms with Crippen LogP contribution in [0.15, 0.2) is 71.8 Å². The van der Waals surface area contributed by atoms with E-state index in [4.69, 9.17) is 31.2 Å². The largest absolute Gasteiger partial charge is 0.490 e. The Kier molecular flexibility index (Phi) is 9.66. The second-order valence-corrected chi connectivity index (χ2v) is 12.5. The number of rotatable bonds is 8. The maximum atomic E-state index is 13.7. The Hall–Kier alpha value is -2.20. The lowest BCUT2D eigenvalue weighted by Crippen LogP contribution is -2.25. The Bertz CT molecular complexity index is 1630. The highest BCUT2D eigenvalue weighted by Crippen LogP contribution is 2.43. The molecule has 0 unspecified atom stereocenters. The van der Waals surface area contributed by atoms with Crippen molar-refractivity contribution in [2.24, 2.45) is 5.10 Å². The summed E-state index contributed by atoms with van der Waals surface area (Å²) < 4.78 is 15.8. The fraction of sp³-hybridized carbons (Fsp3) is 0.300. The normalized spacial score (nSPS) is 14.2. The van der Waals surface area contributed by atoms with Gasteiger partial charge in [-0.3, -0.25) is 4.79 Å². The molecule has 6 nitrogen and oxygen atoms in total. The molecule has 0 N–H and O–H groups in total. The number of aromatic nitrogens is 2. The van der Waals surface area contributed by atoms with E-state index in [0.717, 1.165) is 45.8 Å². The standard InChI is InChI=1S/C30H27Br3ClN3O3/c1-2-39-25-14-20(26(32)27(33)28(25)40-17-19-10-6-7-11-23(19)34)16-35-37-29(18-8-4-3-5-9-18)36-24-13-12-21(31)15-22(24)30(37)38/h6-7,10-16,18H,2-5,8-9,17H2,1H3. The molecule has 0 saturated heterocycles. The van der Waals surface area contributed by atoms with Crippen molar-refractivity contribution in [3.05, 3.63) is 94.3 Å². The number of halogens is 4. The number of hydrogen-bond donors (Lipinski definition) is 0. The molecule has 4 aromatic rings. The summed E-state index contributed by atoms with van der Waals surface area (Å²) in [5, 5.41) is 5.86. The van der Waals surface area contributed by atoms with Crippen LogP contribution in [0.4, 0.5) is 0 Å². The lowest BCUT2D eigenvalue weighted by molar-refractivity contribution is 0.267. The fourth-order valence-corrected chi connectivity index (χ4v) is 6.37. The quantitative estimate of drug-likeness (QED) is 0.169. The molecule has 0 radical (unpaired) electrons. The monoisotopic (exact) mass is 749 g/mol. The first-order chi connectivity index (χ1) is 19.4. The van der Waals surface area contributed by atoms with E-state index in [1.54, 1.807) is 12.3 Å². The summed E-state index contributed by atoms with van der Waals surface area (Å²) in [6, 6.07) is 15.0. The van der Waals surface area contributed by atoms with Crippen LogP contribution in [0.1, 0.15) is 61.9 Å². The molecule has 1 aromatic heterocycles. The number of ether oxygens (including phenoxy) is 2. The van der Waals surface area contributed by atoms with Crippen LogP contribution in [0.5, 0.6) is 11.5 Å². The van der Waals surface area contributed by atoms with E-state index >= 15 is 0 Å². The van der Waals surface area contributed by atoms with Gasteiger partial charge in [0.25, 0.3) is 5.56 Å². The van der Waals surface area contributed by atoms with E-state index in [1.807, 2.05) is 49.4 Å². The van der Waals surface area contributed by atoms with Crippen molar-refractivity contribution in [3.63, 3.8) is 0 Å². The van der Waals surface area contributed by atoms with Gasteiger partial charge in [0.15, 0.2) is 11.5 Å². The van der Waals surface area contributed by atoms with Crippen LogP contribution in [0.3, 0.4) is 0 Å². The first kappa shape index (κ1) is 29.3. The zero-order chi connectivity index (χ0) is 28.2. The van der Waals surface area contributed by atoms with Crippen molar-refractivity contribution in [1.29, 1.82) is 0 Å². The van der Waals surface area contributed by atoms with Gasteiger partial charge in [-0.05, 0) is 82.0 Å². The maximum absolute atomic E-state index is 13.7. The molecule has 1 fully saturated rings. The van der Waals surface area contributed by atoms with Gasteiger partial charge in [-0.2, -0.15) is 9.78 Å². The van der Waals surface area contributed by atoms with E-state index in [-0.39, 0.29) is 18.1 Å².